The zero-order valence-corrected chi connectivity index (χ0v) is 15.8. The van der Waals surface area contributed by atoms with E-state index in [4.69, 9.17) is 11.6 Å². The molecule has 0 radical (unpaired) electrons. The number of benzene rings is 1. The van der Waals surface area contributed by atoms with Crippen molar-refractivity contribution in [2.75, 3.05) is 14.1 Å². The van der Waals surface area contributed by atoms with E-state index in [0.717, 1.165) is 14.1 Å². The molecule has 1 aromatic carbocycles. The smallest absolute Gasteiger partial charge is 0.267 e. The molecule has 0 aliphatic heterocycles. The summed E-state index contributed by atoms with van der Waals surface area (Å²) in [7, 11) is -3.58. The normalized spacial score (nSPS) is 25.6. The minimum atomic E-state index is -5.30. The molecule has 1 atom stereocenters. The van der Waals surface area contributed by atoms with Gasteiger partial charge in [-0.1, -0.05) is 18.2 Å². The second-order valence-corrected chi connectivity index (χ2v) is 9.13. The van der Waals surface area contributed by atoms with Gasteiger partial charge >= 0.3 is 11.4 Å². The van der Waals surface area contributed by atoms with Crippen molar-refractivity contribution in [3.63, 3.8) is 0 Å². The lowest BCUT2D eigenvalue weighted by Crippen LogP contribution is -2.68. The monoisotopic (exact) mass is 432 g/mol. The number of hydrogen-bond donors (Lipinski definition) is 1. The van der Waals surface area contributed by atoms with Crippen molar-refractivity contribution < 1.29 is 35.6 Å². The highest BCUT2D eigenvalue weighted by atomic mass is 35.5. The molecule has 1 aliphatic rings. The quantitative estimate of drug-likeness (QED) is 0.426. The number of carbonyl (C=O) groups is 1. The Morgan fingerprint density at radius 1 is 1.22 bits per heavy atom. The van der Waals surface area contributed by atoms with E-state index in [1.807, 2.05) is 0 Å². The van der Waals surface area contributed by atoms with E-state index in [2.05, 4.69) is 4.84 Å². The third kappa shape index (κ3) is 3.53. The highest BCUT2D eigenvalue weighted by molar-refractivity contribution is 7.90. The van der Waals surface area contributed by atoms with Crippen LogP contribution in [0, 0.1) is 5.41 Å². The number of nitrogens with zero attached hydrogens (tertiary/aromatic N) is 1. The zero-order chi connectivity index (χ0) is 20.7. The molecule has 12 heteroatoms. The average Bonchev–Trinajstić information content (AvgIpc) is 2.55. The maximum atomic E-state index is 15.6. The molecule has 0 spiro atoms. The van der Waals surface area contributed by atoms with Gasteiger partial charge in [0.05, 0.1) is 0 Å². The molecule has 0 bridgehead atoms. The van der Waals surface area contributed by atoms with Gasteiger partial charge in [-0.3, -0.25) is 4.79 Å². The van der Waals surface area contributed by atoms with Crippen LogP contribution in [0.5, 0.6) is 0 Å². The number of rotatable bonds is 6. The van der Waals surface area contributed by atoms with E-state index in [9.17, 15) is 26.4 Å². The van der Waals surface area contributed by atoms with E-state index < -0.39 is 50.9 Å². The number of alkyl halides is 5. The van der Waals surface area contributed by atoms with Crippen LogP contribution in [0.25, 0.3) is 0 Å². The molecular weight excluding hydrogens is 416 g/mol. The zero-order valence-electron chi connectivity index (χ0n) is 14.3. The van der Waals surface area contributed by atoms with Crippen molar-refractivity contribution in [1.82, 2.24) is 9.79 Å². The Labute approximate surface area is 158 Å². The standard InChI is InChI=1S/C15H17ClF4N2O4S/c1-22(2)27(24,25)15(20,13(14(17,18)19)8-11(16)9-13)26-21-12(23)10-6-4-3-5-7-10/h3-7,11H,8-9H2,1-2H3,(H,21,23). The number of nitrogens with one attached hydrogen (secondary N) is 1. The van der Waals surface area contributed by atoms with Crippen LogP contribution in [0.1, 0.15) is 23.2 Å². The van der Waals surface area contributed by atoms with Crippen molar-refractivity contribution in [2.24, 2.45) is 5.41 Å². The van der Waals surface area contributed by atoms with E-state index in [1.54, 1.807) is 6.07 Å². The molecule has 2 rings (SSSR count). The molecule has 1 N–H and O–H groups in total. The molecule has 1 unspecified atom stereocenters. The highest BCUT2D eigenvalue weighted by Gasteiger charge is 2.79. The number of sulfonamides is 1. The van der Waals surface area contributed by atoms with E-state index in [-0.39, 0.29) is 9.87 Å². The molecule has 0 heterocycles. The molecule has 0 saturated heterocycles. The SMILES string of the molecule is CN(C)S(=O)(=O)C(F)(ONC(=O)c1ccccc1)C1(C(F)(F)F)CC(Cl)C1. The summed E-state index contributed by atoms with van der Waals surface area (Å²) < 4.78 is 81.8. The van der Waals surface area contributed by atoms with Gasteiger partial charge in [0, 0.05) is 25.0 Å². The first-order valence-electron chi connectivity index (χ1n) is 7.64. The van der Waals surface area contributed by atoms with Crippen LogP contribution < -0.4 is 5.48 Å². The minimum Gasteiger partial charge on any atom is -0.267 e. The van der Waals surface area contributed by atoms with Crippen molar-refractivity contribution in [3.8, 4) is 0 Å². The molecule has 152 valence electrons. The van der Waals surface area contributed by atoms with Gasteiger partial charge in [0.2, 0.25) is 0 Å². The summed E-state index contributed by atoms with van der Waals surface area (Å²) in [5.41, 5.74) is -2.00. The van der Waals surface area contributed by atoms with Gasteiger partial charge in [-0.2, -0.15) is 17.6 Å². The van der Waals surface area contributed by atoms with Crippen molar-refractivity contribution in [3.05, 3.63) is 35.9 Å². The topological polar surface area (TPSA) is 75.7 Å². The molecule has 0 aromatic heterocycles. The Bertz CT molecular complexity index is 798. The number of amides is 1. The maximum absolute atomic E-state index is 15.6. The van der Waals surface area contributed by atoms with Gasteiger partial charge in [0.25, 0.3) is 15.9 Å². The number of halogens is 5. The fourth-order valence-electron chi connectivity index (χ4n) is 2.73. The van der Waals surface area contributed by atoms with Crippen LogP contribution in [0.3, 0.4) is 0 Å². The van der Waals surface area contributed by atoms with E-state index in [0.29, 0.717) is 0 Å². The first kappa shape index (κ1) is 21.9. The Kier molecular flexibility index (Phi) is 5.82. The van der Waals surface area contributed by atoms with Crippen molar-refractivity contribution >= 4 is 27.5 Å². The third-order valence-corrected chi connectivity index (χ3v) is 6.79. The van der Waals surface area contributed by atoms with Crippen LogP contribution in [-0.4, -0.2) is 49.5 Å². The summed E-state index contributed by atoms with van der Waals surface area (Å²) in [5, 5.41) is -5.40. The Morgan fingerprint density at radius 3 is 2.15 bits per heavy atom. The van der Waals surface area contributed by atoms with Crippen molar-refractivity contribution in [2.45, 2.75) is 29.6 Å². The number of hydroxylamine groups is 1. The number of carbonyl (C=O) groups excluding carboxylic acids is 1. The van der Waals surface area contributed by atoms with E-state index >= 15 is 4.39 Å². The van der Waals surface area contributed by atoms with Gasteiger partial charge < -0.3 is 0 Å². The van der Waals surface area contributed by atoms with E-state index in [1.165, 1.54) is 29.7 Å². The van der Waals surface area contributed by atoms with Gasteiger partial charge in [-0.25, -0.2) is 23.0 Å². The lowest BCUT2D eigenvalue weighted by Gasteiger charge is -2.52. The summed E-state index contributed by atoms with van der Waals surface area (Å²) in [6.07, 6.45) is -7.35. The van der Waals surface area contributed by atoms with Crippen LogP contribution in [-0.2, 0) is 14.9 Å². The van der Waals surface area contributed by atoms with Gasteiger partial charge in [-0.15, -0.1) is 11.6 Å². The Hall–Kier alpha value is -1.43. The molecule has 6 nitrogen and oxygen atoms in total. The first-order valence-corrected chi connectivity index (χ1v) is 9.51. The van der Waals surface area contributed by atoms with Crippen LogP contribution in [0.4, 0.5) is 17.6 Å². The Morgan fingerprint density at radius 2 is 1.74 bits per heavy atom. The largest absolute Gasteiger partial charge is 0.401 e. The van der Waals surface area contributed by atoms with Crippen LogP contribution >= 0.6 is 11.6 Å². The predicted molar refractivity (Wildman–Crippen MR) is 88.8 cm³/mol. The summed E-state index contributed by atoms with van der Waals surface area (Å²) in [4.78, 5) is 16.4. The predicted octanol–water partition coefficient (Wildman–Crippen LogP) is 2.81. The molecular formula is C15H17ClF4N2O4S. The van der Waals surface area contributed by atoms with Gasteiger partial charge in [0.15, 0.2) is 0 Å². The first-order chi connectivity index (χ1) is 12.3. The lowest BCUT2D eigenvalue weighted by atomic mass is 9.67. The van der Waals surface area contributed by atoms with Crippen molar-refractivity contribution in [1.29, 1.82) is 0 Å². The molecule has 1 amide bonds. The maximum Gasteiger partial charge on any atom is 0.401 e. The molecule has 1 saturated carbocycles. The Balaban J connectivity index is 2.44. The van der Waals surface area contributed by atoms with Crippen LogP contribution in [0.15, 0.2) is 30.3 Å². The summed E-state index contributed by atoms with van der Waals surface area (Å²) in [6, 6.07) is 7.06. The molecule has 1 aromatic rings. The van der Waals surface area contributed by atoms with Gasteiger partial charge in [0.1, 0.15) is 5.41 Å². The second kappa shape index (κ2) is 7.19. The number of hydrogen-bond acceptors (Lipinski definition) is 4. The fraction of sp³-hybridized carbons (Fsp3) is 0.533. The minimum absolute atomic E-state index is 0.0630. The van der Waals surface area contributed by atoms with Gasteiger partial charge in [-0.05, 0) is 25.0 Å². The lowest BCUT2D eigenvalue weighted by molar-refractivity contribution is -0.336. The molecule has 1 aliphatic carbocycles. The summed E-state index contributed by atoms with van der Waals surface area (Å²) >= 11 is 5.62. The molecule has 1 fully saturated rings. The van der Waals surface area contributed by atoms with Crippen LogP contribution in [0.2, 0.25) is 0 Å². The molecule has 27 heavy (non-hydrogen) atoms. The highest BCUT2D eigenvalue weighted by Crippen LogP contribution is 2.64. The summed E-state index contributed by atoms with van der Waals surface area (Å²) in [5.74, 6) is -1.11. The second-order valence-electron chi connectivity index (χ2n) is 6.31. The third-order valence-electron chi connectivity index (χ3n) is 4.38. The summed E-state index contributed by atoms with van der Waals surface area (Å²) in [6.45, 7) is 0. The fourth-order valence-corrected chi connectivity index (χ4v) is 4.65. The average molecular weight is 433 g/mol.